The Hall–Kier alpha value is -1.03. The summed E-state index contributed by atoms with van der Waals surface area (Å²) >= 11 is 0. The molecule has 0 saturated heterocycles. The number of aryl methyl sites for hydroxylation is 2. The zero-order valence-electron chi connectivity index (χ0n) is 14.1. The standard InChI is InChI=1S/C17H31N3O/c1-13-6-5-7-16(10-13)8-9-20-11-14(2)18-17(20)19-15(3)12-21-4/h11,13,15-16H,5-10,12H2,1-4H3,(H,18,19). The summed E-state index contributed by atoms with van der Waals surface area (Å²) < 4.78 is 7.47. The lowest BCUT2D eigenvalue weighted by atomic mass is 9.81. The summed E-state index contributed by atoms with van der Waals surface area (Å²) in [7, 11) is 1.74. The summed E-state index contributed by atoms with van der Waals surface area (Å²) in [5.74, 6) is 2.79. The van der Waals surface area contributed by atoms with Crippen molar-refractivity contribution in [2.45, 2.75) is 65.5 Å². The van der Waals surface area contributed by atoms with Gasteiger partial charge >= 0.3 is 0 Å². The molecule has 3 atom stereocenters. The molecule has 0 aliphatic heterocycles. The fraction of sp³-hybridized carbons (Fsp3) is 0.824. The highest BCUT2D eigenvalue weighted by atomic mass is 16.5. The fourth-order valence-corrected chi connectivity index (χ4v) is 3.49. The van der Waals surface area contributed by atoms with Crippen LogP contribution in [0.3, 0.4) is 0 Å². The zero-order valence-corrected chi connectivity index (χ0v) is 14.1. The summed E-state index contributed by atoms with van der Waals surface area (Å²) in [5, 5.41) is 3.46. The molecule has 1 aromatic heterocycles. The Morgan fingerprint density at radius 3 is 3.00 bits per heavy atom. The highest BCUT2D eigenvalue weighted by Crippen LogP contribution is 2.31. The summed E-state index contributed by atoms with van der Waals surface area (Å²) in [4.78, 5) is 4.61. The number of aromatic nitrogens is 2. The SMILES string of the molecule is COCC(C)Nc1nc(C)cn1CCC1CCCC(C)C1. The molecule has 1 aliphatic rings. The summed E-state index contributed by atoms with van der Waals surface area (Å²) in [5.41, 5.74) is 1.08. The second-order valence-corrected chi connectivity index (χ2v) is 6.83. The Bertz CT molecular complexity index is 430. The molecule has 0 amide bonds. The maximum absolute atomic E-state index is 5.19. The van der Waals surface area contributed by atoms with Crippen molar-refractivity contribution in [1.82, 2.24) is 9.55 Å². The second-order valence-electron chi connectivity index (χ2n) is 6.83. The van der Waals surface area contributed by atoms with E-state index in [1.165, 1.54) is 32.1 Å². The van der Waals surface area contributed by atoms with Crippen LogP contribution in [0.4, 0.5) is 5.95 Å². The van der Waals surface area contributed by atoms with Gasteiger partial charge in [0.05, 0.1) is 12.3 Å². The van der Waals surface area contributed by atoms with Crippen molar-refractivity contribution in [3.8, 4) is 0 Å². The molecule has 0 spiro atoms. The molecule has 0 aromatic carbocycles. The molecule has 1 N–H and O–H groups in total. The lowest BCUT2D eigenvalue weighted by Gasteiger charge is -2.27. The summed E-state index contributed by atoms with van der Waals surface area (Å²) in [6, 6.07) is 0.283. The minimum absolute atomic E-state index is 0.283. The van der Waals surface area contributed by atoms with Gasteiger partial charge in [0.15, 0.2) is 0 Å². The number of nitrogens with one attached hydrogen (secondary N) is 1. The van der Waals surface area contributed by atoms with E-state index in [-0.39, 0.29) is 6.04 Å². The third-order valence-electron chi connectivity index (χ3n) is 4.51. The maximum Gasteiger partial charge on any atom is 0.203 e. The van der Waals surface area contributed by atoms with E-state index in [2.05, 4.69) is 41.8 Å². The maximum atomic E-state index is 5.19. The molecule has 21 heavy (non-hydrogen) atoms. The largest absolute Gasteiger partial charge is 0.383 e. The van der Waals surface area contributed by atoms with Crippen LogP contribution in [-0.4, -0.2) is 29.3 Å². The summed E-state index contributed by atoms with van der Waals surface area (Å²) in [6.07, 6.45) is 9.06. The van der Waals surface area contributed by atoms with Crippen molar-refractivity contribution in [3.63, 3.8) is 0 Å². The fourth-order valence-electron chi connectivity index (χ4n) is 3.49. The number of imidazole rings is 1. The van der Waals surface area contributed by atoms with Crippen LogP contribution >= 0.6 is 0 Å². The van der Waals surface area contributed by atoms with E-state index >= 15 is 0 Å². The Labute approximate surface area is 129 Å². The zero-order chi connectivity index (χ0) is 15.2. The van der Waals surface area contributed by atoms with Gasteiger partial charge in [-0.2, -0.15) is 0 Å². The smallest absolute Gasteiger partial charge is 0.203 e. The van der Waals surface area contributed by atoms with E-state index in [4.69, 9.17) is 4.74 Å². The topological polar surface area (TPSA) is 39.1 Å². The Morgan fingerprint density at radius 1 is 1.48 bits per heavy atom. The first-order valence-corrected chi connectivity index (χ1v) is 8.37. The van der Waals surface area contributed by atoms with Crippen LogP contribution in [0.5, 0.6) is 0 Å². The Morgan fingerprint density at radius 2 is 2.29 bits per heavy atom. The average molecular weight is 293 g/mol. The van der Waals surface area contributed by atoms with E-state index in [0.29, 0.717) is 6.61 Å². The van der Waals surface area contributed by atoms with Crippen molar-refractivity contribution in [3.05, 3.63) is 11.9 Å². The highest BCUT2D eigenvalue weighted by Gasteiger charge is 2.19. The number of hydrogen-bond donors (Lipinski definition) is 1. The van der Waals surface area contributed by atoms with Crippen LogP contribution in [0.25, 0.3) is 0 Å². The molecule has 1 fully saturated rings. The van der Waals surface area contributed by atoms with Crippen molar-refractivity contribution in [2.75, 3.05) is 19.0 Å². The number of rotatable bonds is 7. The number of ether oxygens (including phenoxy) is 1. The van der Waals surface area contributed by atoms with Gasteiger partial charge in [0, 0.05) is 25.9 Å². The minimum Gasteiger partial charge on any atom is -0.383 e. The van der Waals surface area contributed by atoms with Crippen LogP contribution < -0.4 is 5.32 Å². The van der Waals surface area contributed by atoms with Gasteiger partial charge in [0.25, 0.3) is 0 Å². The Balaban J connectivity index is 1.90. The van der Waals surface area contributed by atoms with E-state index < -0.39 is 0 Å². The van der Waals surface area contributed by atoms with Gasteiger partial charge in [0.2, 0.25) is 5.95 Å². The highest BCUT2D eigenvalue weighted by molar-refractivity contribution is 5.30. The predicted octanol–water partition coefficient (Wildman–Crippen LogP) is 3.85. The molecule has 1 saturated carbocycles. The number of hydrogen-bond acceptors (Lipinski definition) is 3. The lowest BCUT2D eigenvalue weighted by Crippen LogP contribution is -2.23. The van der Waals surface area contributed by atoms with E-state index in [0.717, 1.165) is 30.0 Å². The lowest BCUT2D eigenvalue weighted by molar-refractivity contribution is 0.190. The van der Waals surface area contributed by atoms with E-state index in [9.17, 15) is 0 Å². The molecule has 3 unspecified atom stereocenters. The molecule has 0 bridgehead atoms. The van der Waals surface area contributed by atoms with Gasteiger partial charge in [-0.05, 0) is 38.5 Å². The third kappa shape index (κ3) is 5.03. The molecule has 1 aliphatic carbocycles. The first kappa shape index (κ1) is 16.3. The van der Waals surface area contributed by atoms with Crippen LogP contribution in [-0.2, 0) is 11.3 Å². The predicted molar refractivity (Wildman–Crippen MR) is 87.7 cm³/mol. The van der Waals surface area contributed by atoms with Crippen molar-refractivity contribution < 1.29 is 4.74 Å². The van der Waals surface area contributed by atoms with Gasteiger partial charge in [-0.3, -0.25) is 0 Å². The van der Waals surface area contributed by atoms with Crippen LogP contribution in [0.2, 0.25) is 0 Å². The quantitative estimate of drug-likeness (QED) is 0.830. The average Bonchev–Trinajstić information content (AvgIpc) is 2.77. The first-order valence-electron chi connectivity index (χ1n) is 8.37. The third-order valence-corrected chi connectivity index (χ3v) is 4.51. The van der Waals surface area contributed by atoms with Gasteiger partial charge in [-0.15, -0.1) is 0 Å². The molecule has 4 heteroatoms. The van der Waals surface area contributed by atoms with Gasteiger partial charge in [0.1, 0.15) is 0 Å². The molecule has 4 nitrogen and oxygen atoms in total. The second kappa shape index (κ2) is 7.83. The van der Waals surface area contributed by atoms with Crippen molar-refractivity contribution in [1.29, 1.82) is 0 Å². The van der Waals surface area contributed by atoms with Gasteiger partial charge < -0.3 is 14.6 Å². The Kier molecular flexibility index (Phi) is 6.09. The molecular weight excluding hydrogens is 262 g/mol. The molecular formula is C17H31N3O. The number of anilines is 1. The molecule has 1 aromatic rings. The summed E-state index contributed by atoms with van der Waals surface area (Å²) in [6.45, 7) is 8.35. The van der Waals surface area contributed by atoms with Crippen molar-refractivity contribution >= 4 is 5.95 Å². The van der Waals surface area contributed by atoms with Gasteiger partial charge in [-0.25, -0.2) is 4.98 Å². The van der Waals surface area contributed by atoms with Crippen LogP contribution in [0, 0.1) is 18.8 Å². The number of methoxy groups -OCH3 is 1. The van der Waals surface area contributed by atoms with Crippen LogP contribution in [0.1, 0.15) is 51.6 Å². The normalized spacial score (nSPS) is 24.0. The van der Waals surface area contributed by atoms with E-state index in [1.54, 1.807) is 7.11 Å². The van der Waals surface area contributed by atoms with Crippen molar-refractivity contribution in [2.24, 2.45) is 11.8 Å². The van der Waals surface area contributed by atoms with Crippen LogP contribution in [0.15, 0.2) is 6.20 Å². The minimum atomic E-state index is 0.283. The first-order chi connectivity index (χ1) is 10.1. The monoisotopic (exact) mass is 293 g/mol. The molecule has 2 rings (SSSR count). The number of nitrogens with zero attached hydrogens (tertiary/aromatic N) is 2. The molecule has 1 heterocycles. The van der Waals surface area contributed by atoms with Gasteiger partial charge in [-0.1, -0.05) is 26.2 Å². The van der Waals surface area contributed by atoms with E-state index in [1.807, 2.05) is 0 Å². The molecule has 0 radical (unpaired) electrons. The molecule has 120 valence electrons.